The molecule has 4 atom stereocenters. The zero-order valence-corrected chi connectivity index (χ0v) is 36.2. The van der Waals surface area contributed by atoms with Crippen molar-refractivity contribution in [2.75, 3.05) is 27.3 Å². The number of carbonyl (C=O) groups is 4. The quantitative estimate of drug-likeness (QED) is 0.100. The van der Waals surface area contributed by atoms with Crippen LogP contribution in [0.1, 0.15) is 77.1 Å². The van der Waals surface area contributed by atoms with Gasteiger partial charge in [-0.2, -0.15) is 0 Å². The molecule has 8 rings (SSSR count). The molecule has 14 nitrogen and oxygen atoms in total. The molecule has 1 unspecified atom stereocenters. The first-order valence-electron chi connectivity index (χ1n) is 20.4. The number of H-pyrrole nitrogens is 2. The molecule has 2 aliphatic heterocycles. The van der Waals surface area contributed by atoms with Gasteiger partial charge in [0.2, 0.25) is 11.8 Å². The number of amides is 4. The summed E-state index contributed by atoms with van der Waals surface area (Å²) in [5, 5.41) is 5.43. The molecule has 0 radical (unpaired) electrons. The number of methoxy groups -OCH3 is 2. The van der Waals surface area contributed by atoms with Gasteiger partial charge in [0.15, 0.2) is 0 Å². The fourth-order valence-electron chi connectivity index (χ4n) is 8.32. The second-order valence-electron chi connectivity index (χ2n) is 16.1. The normalized spacial score (nSPS) is 17.8. The smallest absolute Gasteiger partial charge is 0.407 e. The third-order valence-electron chi connectivity index (χ3n) is 11.5. The van der Waals surface area contributed by atoms with Gasteiger partial charge in [-0.1, -0.05) is 39.8 Å². The van der Waals surface area contributed by atoms with Gasteiger partial charge in [-0.3, -0.25) is 9.59 Å². The number of hydrogen-bond acceptors (Lipinski definition) is 10. The molecule has 2 fully saturated rings. The van der Waals surface area contributed by atoms with Crippen molar-refractivity contribution in [1.29, 1.82) is 0 Å². The number of ether oxygens (including phenoxy) is 2. The van der Waals surface area contributed by atoms with Gasteiger partial charge in [-0.25, -0.2) is 19.6 Å². The number of carbonyl (C=O) groups excluding carboxylic acids is 4. The molecule has 0 spiro atoms. The highest BCUT2D eigenvalue weighted by Crippen LogP contribution is 2.42. The van der Waals surface area contributed by atoms with Crippen molar-refractivity contribution in [3.8, 4) is 30.6 Å². The van der Waals surface area contributed by atoms with E-state index in [2.05, 4.69) is 69.1 Å². The number of nitrogens with zero attached hydrogens (tertiary/aromatic N) is 4. The van der Waals surface area contributed by atoms with Crippen LogP contribution >= 0.6 is 22.7 Å². The van der Waals surface area contributed by atoms with E-state index in [1.54, 1.807) is 22.7 Å². The van der Waals surface area contributed by atoms with Gasteiger partial charge in [0.25, 0.3) is 0 Å². The molecule has 0 bridgehead atoms. The molecular weight excluding hydrogens is 801 g/mol. The molecular formula is C44H50N8O6S2. The number of aromatic amines is 2. The zero-order chi connectivity index (χ0) is 42.2. The summed E-state index contributed by atoms with van der Waals surface area (Å²) in [4.78, 5) is 76.4. The van der Waals surface area contributed by atoms with Crippen molar-refractivity contribution < 1.29 is 28.7 Å². The van der Waals surface area contributed by atoms with Gasteiger partial charge >= 0.3 is 12.2 Å². The Labute approximate surface area is 356 Å². The summed E-state index contributed by atoms with van der Waals surface area (Å²) < 4.78 is 9.56. The molecule has 6 aromatic rings. The third-order valence-corrected chi connectivity index (χ3v) is 14.0. The highest BCUT2D eigenvalue weighted by Gasteiger charge is 2.39. The third kappa shape index (κ3) is 8.09. The fraction of sp³-hybridized carbons (Fsp3) is 0.409. The number of fused-ring (bicyclic) bond motifs is 2. The van der Waals surface area contributed by atoms with Crippen LogP contribution in [0, 0.1) is 11.8 Å². The second kappa shape index (κ2) is 17.1. The van der Waals surface area contributed by atoms with Crippen LogP contribution in [0.25, 0.3) is 52.7 Å². The molecule has 2 aromatic carbocycles. The minimum atomic E-state index is -0.689. The van der Waals surface area contributed by atoms with Gasteiger partial charge in [-0.05, 0) is 97.2 Å². The van der Waals surface area contributed by atoms with Crippen molar-refractivity contribution >= 4 is 68.7 Å². The summed E-state index contributed by atoms with van der Waals surface area (Å²) in [6, 6.07) is 19.3. The number of thiophene rings is 2. The first-order chi connectivity index (χ1) is 28.9. The highest BCUT2D eigenvalue weighted by atomic mass is 32.1. The van der Waals surface area contributed by atoms with E-state index in [9.17, 15) is 19.2 Å². The van der Waals surface area contributed by atoms with Crippen molar-refractivity contribution in [2.24, 2.45) is 11.8 Å². The summed E-state index contributed by atoms with van der Waals surface area (Å²) >= 11 is 3.47. The fourth-order valence-corrected chi connectivity index (χ4v) is 10.4. The lowest BCUT2D eigenvalue weighted by Gasteiger charge is -2.29. The first kappa shape index (κ1) is 41.0. The lowest BCUT2D eigenvalue weighted by molar-refractivity contribution is -0.136. The Morgan fingerprint density at radius 1 is 0.633 bits per heavy atom. The molecule has 0 saturated carbocycles. The average Bonchev–Trinajstić information content (AvgIpc) is 4.10. The second-order valence-corrected chi connectivity index (χ2v) is 18.3. The van der Waals surface area contributed by atoms with Gasteiger partial charge in [0.05, 0.1) is 48.4 Å². The predicted molar refractivity (Wildman–Crippen MR) is 234 cm³/mol. The zero-order valence-electron chi connectivity index (χ0n) is 34.5. The number of likely N-dealkylation sites (tertiary alicyclic amines) is 2. The molecule has 60 heavy (non-hydrogen) atoms. The number of nitrogens with one attached hydrogen (secondary N) is 4. The highest BCUT2D eigenvalue weighted by molar-refractivity contribution is 7.25. The van der Waals surface area contributed by atoms with Crippen LogP contribution in [0.5, 0.6) is 0 Å². The van der Waals surface area contributed by atoms with Crippen LogP contribution in [0.4, 0.5) is 9.59 Å². The Kier molecular flexibility index (Phi) is 11.7. The summed E-state index contributed by atoms with van der Waals surface area (Å²) in [5.41, 5.74) is 5.64. The molecule has 6 heterocycles. The van der Waals surface area contributed by atoms with E-state index >= 15 is 0 Å². The summed E-state index contributed by atoms with van der Waals surface area (Å²) in [7, 11) is 2.59. The summed E-state index contributed by atoms with van der Waals surface area (Å²) in [6.45, 7) is 8.83. The van der Waals surface area contributed by atoms with Crippen LogP contribution in [0.3, 0.4) is 0 Å². The largest absolute Gasteiger partial charge is 0.453 e. The van der Waals surface area contributed by atoms with E-state index in [0.29, 0.717) is 13.1 Å². The van der Waals surface area contributed by atoms with E-state index in [0.717, 1.165) is 80.3 Å². The maximum absolute atomic E-state index is 13.7. The maximum atomic E-state index is 13.7. The van der Waals surface area contributed by atoms with Crippen molar-refractivity contribution in [3.63, 3.8) is 0 Å². The van der Waals surface area contributed by atoms with E-state index in [-0.39, 0.29) is 35.7 Å². The number of alkyl carbamates (subject to hydrolysis) is 2. The molecule has 16 heteroatoms. The van der Waals surface area contributed by atoms with Gasteiger partial charge < -0.3 is 39.9 Å². The van der Waals surface area contributed by atoms with E-state index in [1.807, 2.05) is 49.6 Å². The lowest BCUT2D eigenvalue weighted by Crippen LogP contribution is -2.51. The van der Waals surface area contributed by atoms with Crippen LogP contribution in [0.2, 0.25) is 0 Å². The Hall–Kier alpha value is -5.74. The van der Waals surface area contributed by atoms with Gasteiger partial charge in [-0.15, -0.1) is 22.7 Å². The number of hydrogen-bond donors (Lipinski definition) is 4. The van der Waals surface area contributed by atoms with E-state index in [4.69, 9.17) is 19.4 Å². The van der Waals surface area contributed by atoms with Crippen LogP contribution < -0.4 is 10.6 Å². The standard InChI is InChI=1S/C44H50N8O6S2/c1-23(2)37(49-43(55)57-5)41(53)51-19-7-9-31(51)39-45-27-13-11-25(21-29(27)47-39)33-15-17-35(59-33)36-18-16-34(60-36)26-12-14-28-30(22-26)48-40(46-28)32-10-8-20-52(32)42(54)38(24(3)4)50-44(56)58-6/h11-18,21-24,31-32,37-38H,7-10,19-20H2,1-6H3,(H,45,47)(H,46,48)(H,49,55)(H,50,56)/t31-,32?,37-,38-/m0/s1. The monoisotopic (exact) mass is 850 g/mol. The van der Waals surface area contributed by atoms with Crippen molar-refractivity contribution in [3.05, 3.63) is 72.3 Å². The molecule has 2 saturated heterocycles. The average molecular weight is 851 g/mol. The van der Waals surface area contributed by atoms with Crippen LogP contribution in [0.15, 0.2) is 60.7 Å². The SMILES string of the molecule is COC(=O)N[C@H](C(=O)N1CCCC1c1nc2ccc(-c3ccc(-c4ccc(-c5ccc6nc([C@@H]7CCCN7C(=O)[C@@H](NC(=O)OC)C(C)C)[nH]c6c5)s4)s3)cc2[nH]1)C(C)C. The number of imidazole rings is 2. The van der Waals surface area contributed by atoms with E-state index in [1.165, 1.54) is 24.0 Å². The molecule has 4 N–H and O–H groups in total. The molecule has 2 aliphatic rings. The summed E-state index contributed by atoms with van der Waals surface area (Å²) in [5.74, 6) is 1.02. The molecule has 4 aromatic heterocycles. The van der Waals surface area contributed by atoms with Gasteiger partial charge in [0.1, 0.15) is 23.7 Å². The predicted octanol–water partition coefficient (Wildman–Crippen LogP) is 8.65. The number of rotatable bonds is 11. The Morgan fingerprint density at radius 2 is 1.03 bits per heavy atom. The lowest BCUT2D eigenvalue weighted by atomic mass is 10.0. The molecule has 4 amide bonds. The number of aromatic nitrogens is 4. The minimum Gasteiger partial charge on any atom is -0.453 e. The van der Waals surface area contributed by atoms with Crippen molar-refractivity contribution in [1.82, 2.24) is 40.4 Å². The topological polar surface area (TPSA) is 175 Å². The minimum absolute atomic E-state index is 0.106. The van der Waals surface area contributed by atoms with E-state index < -0.39 is 24.3 Å². The first-order valence-corrected chi connectivity index (χ1v) is 22.1. The Bertz CT molecular complexity index is 2380. The van der Waals surface area contributed by atoms with Crippen LogP contribution in [-0.4, -0.2) is 93.1 Å². The molecule has 0 aliphatic carbocycles. The van der Waals surface area contributed by atoms with Crippen molar-refractivity contribution in [2.45, 2.75) is 77.5 Å². The van der Waals surface area contributed by atoms with Crippen LogP contribution in [-0.2, 0) is 19.1 Å². The Morgan fingerprint density at radius 3 is 1.42 bits per heavy atom. The summed E-state index contributed by atoms with van der Waals surface area (Å²) in [6.07, 6.45) is 2.03. The molecule has 314 valence electrons. The number of benzene rings is 2. The van der Waals surface area contributed by atoms with Gasteiger partial charge in [0, 0.05) is 32.6 Å². The maximum Gasteiger partial charge on any atom is 0.407 e. The Balaban J connectivity index is 0.968.